The first-order valence-electron chi connectivity index (χ1n) is 22.1. The Morgan fingerprint density at radius 2 is 0.859 bits per heavy atom. The maximum atomic E-state index is 14.0. The first kappa shape index (κ1) is 56.5. The molecule has 71 heavy (non-hydrogen) atoms. The fourth-order valence-electron chi connectivity index (χ4n) is 6.62. The molecular weight excluding hydrogens is 925 g/mol. The highest BCUT2D eigenvalue weighted by Crippen LogP contribution is 2.26. The van der Waals surface area contributed by atoms with Gasteiger partial charge in [-0.1, -0.05) is 0 Å². The van der Waals surface area contributed by atoms with Crippen LogP contribution in [-0.2, 0) is 19.2 Å². The van der Waals surface area contributed by atoms with Crippen molar-refractivity contribution in [1.29, 1.82) is 0 Å². The van der Waals surface area contributed by atoms with E-state index in [9.17, 15) is 33.6 Å². The molecule has 3 aromatic rings. The summed E-state index contributed by atoms with van der Waals surface area (Å²) in [5.74, 6) is -4.67. The van der Waals surface area contributed by atoms with Crippen molar-refractivity contribution in [2.24, 2.45) is 55.1 Å². The van der Waals surface area contributed by atoms with Gasteiger partial charge in [-0.25, -0.2) is 0 Å². The number of unbranched alkanes of at least 4 members (excludes halogenated alkanes) is 1. The number of carbonyl (C=O) groups excluding carboxylic acids is 7. The predicted octanol–water partition coefficient (Wildman–Crippen LogP) is -0.720. The molecule has 26 nitrogen and oxygen atoms in total. The van der Waals surface area contributed by atoms with Crippen LogP contribution in [0.15, 0.2) is 69.6 Å². The minimum absolute atomic E-state index is 0.00710. The second kappa shape index (κ2) is 28.5. The number of anilines is 3. The molecule has 20 N–H and O–H groups in total. The van der Waals surface area contributed by atoms with Crippen molar-refractivity contribution in [3.63, 3.8) is 0 Å². The maximum Gasteiger partial charge on any atom is 0.255 e. The number of guanidine groups is 3. The maximum absolute atomic E-state index is 14.0. The smallest absolute Gasteiger partial charge is 0.255 e. The van der Waals surface area contributed by atoms with Crippen molar-refractivity contribution in [3.05, 3.63) is 71.3 Å². The van der Waals surface area contributed by atoms with Gasteiger partial charge in [-0.15, -0.1) is 0 Å². The zero-order valence-corrected chi connectivity index (χ0v) is 40.0. The Bertz CT molecular complexity index is 2470. The fraction of sp³-hybridized carbons (Fsp3) is 0.378. The van der Waals surface area contributed by atoms with E-state index in [0.29, 0.717) is 19.4 Å². The quantitative estimate of drug-likeness (QED) is 0.0243. The van der Waals surface area contributed by atoms with E-state index in [1.807, 2.05) is 0 Å². The van der Waals surface area contributed by atoms with Gasteiger partial charge in [0, 0.05) is 43.1 Å². The van der Waals surface area contributed by atoms with Crippen LogP contribution in [0.25, 0.3) is 0 Å². The summed E-state index contributed by atoms with van der Waals surface area (Å²) < 4.78 is 16.1. The summed E-state index contributed by atoms with van der Waals surface area (Å²) in [6.07, 6.45) is 1.75. The molecule has 0 heterocycles. The number of benzene rings is 3. The van der Waals surface area contributed by atoms with Crippen LogP contribution in [-0.4, -0.2) is 118 Å². The van der Waals surface area contributed by atoms with Crippen molar-refractivity contribution in [2.45, 2.75) is 70.0 Å². The van der Waals surface area contributed by atoms with E-state index in [1.54, 1.807) is 0 Å². The molecule has 0 aliphatic heterocycles. The number of aliphatic imine (C=N–C) groups is 3. The van der Waals surface area contributed by atoms with E-state index < -0.39 is 53.6 Å². The summed E-state index contributed by atoms with van der Waals surface area (Å²) in [6.45, 7) is 2.10. The standard InChI is InChI=1S/C45H64N16O10/c1-24(56-36(62)11-5-6-18-53-43(47)48)38(64)57-26-13-16-34(70-3)29(22-26)39(65)61-32(10-8-20-55-45(51)52)42(68)59-27-14-17-35(71-4)30(23-27)40(66)60-31(9-7-19-54-44(49)50)41(67)58-25-12-15-33(69-2)28(21-25)37(46)63/h12-17,21-24,31-32H,5-11,18-20H2,1-4H3,(H2,46,63)(H,56,62)(H,57,64)(H,58,67)(H,59,68)(H,60,66)(H,61,65)(H4,47,48,53)(H4,49,50,54)(H4,51,52,55). The second-order valence-electron chi connectivity index (χ2n) is 15.6. The molecule has 0 bridgehead atoms. The molecule has 0 radical (unpaired) electrons. The van der Waals surface area contributed by atoms with Crippen LogP contribution in [0, 0.1) is 0 Å². The van der Waals surface area contributed by atoms with E-state index in [4.69, 9.17) is 54.3 Å². The molecule has 0 aliphatic carbocycles. The summed E-state index contributed by atoms with van der Waals surface area (Å²) in [6, 6.07) is 9.34. The molecule has 3 rings (SSSR count). The molecule has 3 unspecified atom stereocenters. The molecule has 0 saturated carbocycles. The Labute approximate surface area is 409 Å². The molecule has 0 aliphatic rings. The lowest BCUT2D eigenvalue weighted by Crippen LogP contribution is -2.44. The van der Waals surface area contributed by atoms with Crippen molar-refractivity contribution >= 4 is 76.3 Å². The van der Waals surface area contributed by atoms with Crippen molar-refractivity contribution in [3.8, 4) is 17.2 Å². The van der Waals surface area contributed by atoms with Gasteiger partial charge in [-0.3, -0.25) is 48.5 Å². The van der Waals surface area contributed by atoms with Gasteiger partial charge in [-0.2, -0.15) is 0 Å². The Morgan fingerprint density at radius 3 is 1.24 bits per heavy atom. The van der Waals surface area contributed by atoms with Gasteiger partial charge in [0.15, 0.2) is 17.9 Å². The average molecular weight is 989 g/mol. The van der Waals surface area contributed by atoms with Crippen molar-refractivity contribution in [2.75, 3.05) is 56.9 Å². The third-order valence-electron chi connectivity index (χ3n) is 10.2. The van der Waals surface area contributed by atoms with Crippen molar-refractivity contribution < 1.29 is 47.8 Å². The zero-order valence-electron chi connectivity index (χ0n) is 40.0. The first-order valence-corrected chi connectivity index (χ1v) is 22.1. The largest absolute Gasteiger partial charge is 0.496 e. The van der Waals surface area contributed by atoms with Gasteiger partial charge in [0.25, 0.3) is 17.7 Å². The molecule has 0 saturated heterocycles. The van der Waals surface area contributed by atoms with Gasteiger partial charge in [-0.05, 0) is 100 Å². The molecular formula is C45H64N16O10. The predicted molar refractivity (Wildman–Crippen MR) is 268 cm³/mol. The number of methoxy groups -OCH3 is 3. The average Bonchev–Trinajstić information content (AvgIpc) is 3.32. The van der Waals surface area contributed by atoms with Crippen LogP contribution in [0.1, 0.15) is 82.9 Å². The Hall–Kier alpha value is -8.84. The SMILES string of the molecule is COc1ccc(NC(=O)C(CCCN=C(N)N)NC(=O)c2cc(NC(=O)C(CCCN=C(N)N)NC(=O)c3cc(NC(=O)C(C)NC(=O)CCCCN=C(N)N)ccc3OC)ccc2OC)cc1C(N)=O. The monoisotopic (exact) mass is 988 g/mol. The van der Waals surface area contributed by atoms with Gasteiger partial charge >= 0.3 is 0 Å². The number of amides is 7. The number of nitrogens with two attached hydrogens (primary N) is 7. The minimum Gasteiger partial charge on any atom is -0.496 e. The molecule has 7 amide bonds. The third-order valence-corrected chi connectivity index (χ3v) is 10.2. The van der Waals surface area contributed by atoms with E-state index in [0.717, 1.165) is 0 Å². The topological polar surface area (TPSA) is 439 Å². The second-order valence-corrected chi connectivity index (χ2v) is 15.6. The van der Waals surface area contributed by atoms with E-state index >= 15 is 0 Å². The highest BCUT2D eigenvalue weighted by atomic mass is 16.5. The van der Waals surface area contributed by atoms with E-state index in [-0.39, 0.29) is 120 Å². The van der Waals surface area contributed by atoms with Crippen LogP contribution in [0.2, 0.25) is 0 Å². The fourth-order valence-corrected chi connectivity index (χ4v) is 6.62. The van der Waals surface area contributed by atoms with E-state index in [1.165, 1.54) is 82.9 Å². The zero-order chi connectivity index (χ0) is 52.6. The Balaban J connectivity index is 1.85. The lowest BCUT2D eigenvalue weighted by Gasteiger charge is -2.21. The number of nitrogens with one attached hydrogen (secondary N) is 6. The normalized spacial score (nSPS) is 11.7. The van der Waals surface area contributed by atoms with Gasteiger partial charge < -0.3 is 86.2 Å². The van der Waals surface area contributed by atoms with Gasteiger partial charge in [0.05, 0.1) is 38.0 Å². The molecule has 0 spiro atoms. The Morgan fingerprint density at radius 1 is 0.493 bits per heavy atom. The minimum atomic E-state index is -1.24. The van der Waals surface area contributed by atoms with Crippen LogP contribution < -0.4 is 86.2 Å². The molecule has 3 aromatic carbocycles. The molecule has 0 aromatic heterocycles. The van der Waals surface area contributed by atoms with Crippen LogP contribution in [0.3, 0.4) is 0 Å². The highest BCUT2D eigenvalue weighted by Gasteiger charge is 2.27. The number of nitrogens with zero attached hydrogens (tertiary/aromatic N) is 3. The summed E-state index contributed by atoms with van der Waals surface area (Å²) in [7, 11) is 4.01. The van der Waals surface area contributed by atoms with Gasteiger partial charge in [0.1, 0.15) is 35.4 Å². The van der Waals surface area contributed by atoms with Crippen LogP contribution >= 0.6 is 0 Å². The molecule has 384 valence electrons. The third kappa shape index (κ3) is 19.0. The number of rotatable bonds is 28. The number of hydrogen-bond acceptors (Lipinski definition) is 13. The summed E-state index contributed by atoms with van der Waals surface area (Å²) in [5.41, 5.74) is 38.4. The molecule has 0 fully saturated rings. The van der Waals surface area contributed by atoms with Crippen LogP contribution in [0.4, 0.5) is 17.1 Å². The Kier molecular flexibility index (Phi) is 22.7. The lowest BCUT2D eigenvalue weighted by atomic mass is 10.1. The first-order chi connectivity index (χ1) is 33.8. The number of carbonyl (C=O) groups is 7. The van der Waals surface area contributed by atoms with E-state index in [2.05, 4.69) is 46.9 Å². The number of hydrogen-bond donors (Lipinski definition) is 13. The summed E-state index contributed by atoms with van der Waals surface area (Å²) in [4.78, 5) is 105. The molecule has 3 atom stereocenters. The lowest BCUT2D eigenvalue weighted by molar-refractivity contribution is -0.126. The van der Waals surface area contributed by atoms with Gasteiger partial charge in [0.2, 0.25) is 23.6 Å². The molecule has 26 heteroatoms. The summed E-state index contributed by atoms with van der Waals surface area (Å²) >= 11 is 0. The summed E-state index contributed by atoms with van der Waals surface area (Å²) in [5, 5.41) is 16.1. The number of ether oxygens (including phenoxy) is 3. The highest BCUT2D eigenvalue weighted by molar-refractivity contribution is 6.06. The van der Waals surface area contributed by atoms with Crippen LogP contribution in [0.5, 0.6) is 17.2 Å². The van der Waals surface area contributed by atoms with Crippen molar-refractivity contribution in [1.82, 2.24) is 16.0 Å². The number of primary amides is 1.